The molecule has 0 heterocycles. The van der Waals surface area contributed by atoms with Crippen molar-refractivity contribution in [3.63, 3.8) is 0 Å². The Kier molecular flexibility index (Phi) is 3.26. The van der Waals surface area contributed by atoms with Crippen LogP contribution in [0.4, 0.5) is 5.69 Å². The molecule has 0 saturated carbocycles. The Morgan fingerprint density at radius 1 is 1.05 bits per heavy atom. The molecule has 0 radical (unpaired) electrons. The van der Waals surface area contributed by atoms with Crippen molar-refractivity contribution in [1.82, 2.24) is 0 Å². The van der Waals surface area contributed by atoms with Crippen LogP contribution in [0, 0.1) is 0 Å². The topological polar surface area (TPSA) is 64.7 Å². The van der Waals surface area contributed by atoms with Gasteiger partial charge in [0.25, 0.3) is 0 Å². The predicted octanol–water partition coefficient (Wildman–Crippen LogP) is 2.47. The number of anilines is 1. The molecule has 1 aliphatic rings. The summed E-state index contributed by atoms with van der Waals surface area (Å²) in [6, 6.07) is 11.2. The molecule has 2 aromatic carbocycles. The lowest BCUT2D eigenvalue weighted by Crippen LogP contribution is -2.24. The summed E-state index contributed by atoms with van der Waals surface area (Å²) >= 11 is 0. The van der Waals surface area contributed by atoms with Crippen molar-refractivity contribution in [3.8, 4) is 11.5 Å². The number of fused-ring (bicyclic) bond motifs is 1. The summed E-state index contributed by atoms with van der Waals surface area (Å²) < 4.78 is 10.6. The largest absolute Gasteiger partial charge is 0.497 e. The van der Waals surface area contributed by atoms with E-state index in [4.69, 9.17) is 15.2 Å². The smallest absolute Gasteiger partial charge is 0.122 e. The summed E-state index contributed by atoms with van der Waals surface area (Å²) in [5.74, 6) is 1.34. The highest BCUT2D eigenvalue weighted by molar-refractivity contribution is 5.54. The van der Waals surface area contributed by atoms with Gasteiger partial charge in [-0.05, 0) is 53.8 Å². The van der Waals surface area contributed by atoms with Crippen LogP contribution in [0.1, 0.15) is 23.1 Å². The molecule has 110 valence electrons. The Labute approximate surface area is 124 Å². The van der Waals surface area contributed by atoms with E-state index < -0.39 is 5.60 Å². The van der Waals surface area contributed by atoms with Gasteiger partial charge in [0.15, 0.2) is 0 Å². The van der Waals surface area contributed by atoms with Gasteiger partial charge in [0.2, 0.25) is 0 Å². The molecule has 0 bridgehead atoms. The van der Waals surface area contributed by atoms with E-state index in [1.807, 2.05) is 30.3 Å². The molecule has 1 unspecified atom stereocenters. The first kappa shape index (κ1) is 13.8. The Bertz CT molecular complexity index is 661. The minimum Gasteiger partial charge on any atom is -0.497 e. The second kappa shape index (κ2) is 4.97. The zero-order valence-electron chi connectivity index (χ0n) is 12.2. The van der Waals surface area contributed by atoms with E-state index in [2.05, 4.69) is 0 Å². The number of benzene rings is 2. The van der Waals surface area contributed by atoms with Gasteiger partial charge >= 0.3 is 0 Å². The van der Waals surface area contributed by atoms with Crippen molar-refractivity contribution in [2.75, 3.05) is 20.0 Å². The van der Waals surface area contributed by atoms with Crippen molar-refractivity contribution >= 4 is 5.69 Å². The second-order valence-corrected chi connectivity index (χ2v) is 5.38. The minimum absolute atomic E-state index is 0.627. The van der Waals surface area contributed by atoms with Crippen LogP contribution in [0.15, 0.2) is 36.4 Å². The average Bonchev–Trinajstić information content (AvgIpc) is 2.84. The number of aryl methyl sites for hydroxylation is 1. The summed E-state index contributed by atoms with van der Waals surface area (Å²) in [5, 5.41) is 11.2. The van der Waals surface area contributed by atoms with Gasteiger partial charge in [0.1, 0.15) is 17.1 Å². The zero-order chi connectivity index (χ0) is 15.0. The molecule has 1 aliphatic carbocycles. The standard InChI is InChI=1S/C17H19NO3/c1-20-14-8-12(9-15(10-14)21-2)17(19)6-5-11-7-13(18)3-4-16(11)17/h3-4,7-10,19H,5-6,18H2,1-2H3. The monoisotopic (exact) mass is 285 g/mol. The predicted molar refractivity (Wildman–Crippen MR) is 81.7 cm³/mol. The van der Waals surface area contributed by atoms with E-state index in [9.17, 15) is 5.11 Å². The first-order chi connectivity index (χ1) is 10.1. The number of nitrogens with two attached hydrogens (primary N) is 1. The summed E-state index contributed by atoms with van der Waals surface area (Å²) in [5.41, 5.74) is 8.31. The molecular formula is C17H19NO3. The molecule has 4 nitrogen and oxygen atoms in total. The van der Waals surface area contributed by atoms with Crippen molar-refractivity contribution in [2.24, 2.45) is 0 Å². The van der Waals surface area contributed by atoms with Crippen molar-refractivity contribution < 1.29 is 14.6 Å². The molecule has 3 N–H and O–H groups in total. The molecule has 4 heteroatoms. The van der Waals surface area contributed by atoms with E-state index in [1.165, 1.54) is 0 Å². The van der Waals surface area contributed by atoms with Crippen molar-refractivity contribution in [3.05, 3.63) is 53.1 Å². The molecule has 0 amide bonds. The Morgan fingerprint density at radius 2 is 1.71 bits per heavy atom. The molecule has 2 aromatic rings. The van der Waals surface area contributed by atoms with E-state index in [0.29, 0.717) is 17.9 Å². The fourth-order valence-corrected chi connectivity index (χ4v) is 3.02. The van der Waals surface area contributed by atoms with Gasteiger partial charge in [-0.25, -0.2) is 0 Å². The highest BCUT2D eigenvalue weighted by Gasteiger charge is 2.38. The van der Waals surface area contributed by atoms with Gasteiger partial charge in [-0.15, -0.1) is 0 Å². The van der Waals surface area contributed by atoms with E-state index in [1.54, 1.807) is 20.3 Å². The number of rotatable bonds is 3. The summed E-state index contributed by atoms with van der Waals surface area (Å²) in [6.45, 7) is 0. The molecule has 0 aromatic heterocycles. The Morgan fingerprint density at radius 3 is 2.33 bits per heavy atom. The Balaban J connectivity index is 2.13. The number of hydrogen-bond acceptors (Lipinski definition) is 4. The lowest BCUT2D eigenvalue weighted by molar-refractivity contribution is 0.0824. The highest BCUT2D eigenvalue weighted by Crippen LogP contribution is 2.44. The van der Waals surface area contributed by atoms with Crippen LogP contribution in [-0.2, 0) is 12.0 Å². The van der Waals surface area contributed by atoms with E-state index in [0.717, 1.165) is 28.8 Å². The second-order valence-electron chi connectivity index (χ2n) is 5.38. The molecule has 0 spiro atoms. The van der Waals surface area contributed by atoms with Gasteiger partial charge in [-0.3, -0.25) is 0 Å². The molecule has 0 saturated heterocycles. The molecule has 3 rings (SSSR count). The lowest BCUT2D eigenvalue weighted by atomic mass is 9.87. The van der Waals surface area contributed by atoms with E-state index >= 15 is 0 Å². The van der Waals surface area contributed by atoms with Crippen LogP contribution in [0.2, 0.25) is 0 Å². The molecule has 0 fully saturated rings. The molecular weight excluding hydrogens is 266 g/mol. The van der Waals surface area contributed by atoms with Gasteiger partial charge in [0, 0.05) is 11.8 Å². The fraction of sp³-hybridized carbons (Fsp3) is 0.294. The van der Waals surface area contributed by atoms with Gasteiger partial charge in [-0.1, -0.05) is 6.07 Å². The lowest BCUT2D eigenvalue weighted by Gasteiger charge is -2.25. The zero-order valence-corrected chi connectivity index (χ0v) is 12.2. The van der Waals surface area contributed by atoms with Crippen LogP contribution in [-0.4, -0.2) is 19.3 Å². The fourth-order valence-electron chi connectivity index (χ4n) is 3.02. The first-order valence-electron chi connectivity index (χ1n) is 6.91. The SMILES string of the molecule is COc1cc(OC)cc(C2(O)CCc3cc(N)ccc32)c1. The van der Waals surface area contributed by atoms with Crippen molar-refractivity contribution in [2.45, 2.75) is 18.4 Å². The Hall–Kier alpha value is -2.20. The molecule has 1 atom stereocenters. The summed E-state index contributed by atoms with van der Waals surface area (Å²) in [7, 11) is 3.21. The average molecular weight is 285 g/mol. The van der Waals surface area contributed by atoms with Crippen LogP contribution >= 0.6 is 0 Å². The highest BCUT2D eigenvalue weighted by atomic mass is 16.5. The number of nitrogen functional groups attached to an aromatic ring is 1. The molecule has 21 heavy (non-hydrogen) atoms. The first-order valence-corrected chi connectivity index (χ1v) is 6.91. The quantitative estimate of drug-likeness (QED) is 0.850. The third-order valence-corrected chi connectivity index (χ3v) is 4.16. The third kappa shape index (κ3) is 2.21. The number of ether oxygens (including phenoxy) is 2. The maximum absolute atomic E-state index is 11.2. The van der Waals surface area contributed by atoms with E-state index in [-0.39, 0.29) is 0 Å². The van der Waals surface area contributed by atoms with Crippen LogP contribution < -0.4 is 15.2 Å². The summed E-state index contributed by atoms with van der Waals surface area (Å²) in [6.07, 6.45) is 1.43. The maximum Gasteiger partial charge on any atom is 0.122 e. The number of aliphatic hydroxyl groups is 1. The van der Waals surface area contributed by atoms with Gasteiger partial charge in [-0.2, -0.15) is 0 Å². The van der Waals surface area contributed by atoms with Crippen LogP contribution in [0.25, 0.3) is 0 Å². The van der Waals surface area contributed by atoms with Crippen LogP contribution in [0.3, 0.4) is 0 Å². The van der Waals surface area contributed by atoms with Crippen molar-refractivity contribution in [1.29, 1.82) is 0 Å². The number of methoxy groups -OCH3 is 2. The van der Waals surface area contributed by atoms with Gasteiger partial charge in [0.05, 0.1) is 14.2 Å². The molecule has 0 aliphatic heterocycles. The normalized spacial score (nSPS) is 20.1. The third-order valence-electron chi connectivity index (χ3n) is 4.16. The maximum atomic E-state index is 11.2. The summed E-state index contributed by atoms with van der Waals surface area (Å²) in [4.78, 5) is 0. The van der Waals surface area contributed by atoms with Gasteiger partial charge < -0.3 is 20.3 Å². The van der Waals surface area contributed by atoms with Crippen LogP contribution in [0.5, 0.6) is 11.5 Å². The number of hydrogen-bond donors (Lipinski definition) is 2. The minimum atomic E-state index is -1.02.